The molecule has 6 heteroatoms. The van der Waals surface area contributed by atoms with Gasteiger partial charge in [-0.2, -0.15) is 0 Å². The van der Waals surface area contributed by atoms with Crippen molar-refractivity contribution in [3.63, 3.8) is 0 Å². The van der Waals surface area contributed by atoms with Crippen molar-refractivity contribution in [2.24, 2.45) is 0 Å². The van der Waals surface area contributed by atoms with Crippen molar-refractivity contribution in [2.75, 3.05) is 18.1 Å². The highest BCUT2D eigenvalue weighted by Gasteiger charge is 2.34. The van der Waals surface area contributed by atoms with Gasteiger partial charge in [-0.25, -0.2) is 4.79 Å². The van der Waals surface area contributed by atoms with E-state index >= 15 is 0 Å². The number of nitrogens with zero attached hydrogens (tertiary/aromatic N) is 1. The largest absolute Gasteiger partial charge is 0.482 e. The first-order valence-corrected chi connectivity index (χ1v) is 7.72. The number of carbonyl (C=O) groups excluding carboxylic acids is 3. The fourth-order valence-electron chi connectivity index (χ4n) is 2.36. The monoisotopic (exact) mass is 319 g/mol. The fourth-order valence-corrected chi connectivity index (χ4v) is 2.36. The summed E-state index contributed by atoms with van der Waals surface area (Å²) in [6, 6.07) is 4.08. The van der Waals surface area contributed by atoms with Crippen molar-refractivity contribution in [2.45, 2.75) is 39.7 Å². The molecule has 124 valence electrons. The van der Waals surface area contributed by atoms with Gasteiger partial charge < -0.3 is 9.47 Å². The molecule has 1 heterocycles. The minimum atomic E-state index is -0.774. The third kappa shape index (κ3) is 3.70. The van der Waals surface area contributed by atoms with Crippen LogP contribution in [0.5, 0.6) is 5.75 Å². The number of unbranched alkanes of at least 4 members (excludes halogenated alkanes) is 1. The predicted molar refractivity (Wildman–Crippen MR) is 84.8 cm³/mol. The Morgan fingerprint density at radius 1 is 1.39 bits per heavy atom. The second kappa shape index (κ2) is 7.26. The maximum absolute atomic E-state index is 12.2. The van der Waals surface area contributed by atoms with Crippen LogP contribution in [-0.2, 0) is 14.3 Å². The number of ketones is 1. The number of Topliss-reactive ketones (excluding diaryl/α,β-unsaturated/α-hetero) is 1. The van der Waals surface area contributed by atoms with E-state index in [1.807, 2.05) is 6.92 Å². The predicted octanol–water partition coefficient (Wildman–Crippen LogP) is 2.35. The second-order valence-electron chi connectivity index (χ2n) is 5.49. The van der Waals surface area contributed by atoms with E-state index in [0.29, 0.717) is 23.6 Å². The number of fused-ring (bicyclic) bond motifs is 1. The van der Waals surface area contributed by atoms with E-state index in [9.17, 15) is 14.4 Å². The molecular weight excluding hydrogens is 298 g/mol. The number of hydrogen-bond acceptors (Lipinski definition) is 5. The molecule has 1 unspecified atom stereocenters. The average Bonchev–Trinajstić information content (AvgIpc) is 2.53. The molecule has 1 amide bonds. The molecule has 2 rings (SSSR count). The summed E-state index contributed by atoms with van der Waals surface area (Å²) in [5, 5.41) is 0. The van der Waals surface area contributed by atoms with Gasteiger partial charge in [-0.1, -0.05) is 13.3 Å². The third-order valence-corrected chi connectivity index (χ3v) is 3.72. The summed E-state index contributed by atoms with van der Waals surface area (Å²) in [5.41, 5.74) is 0.882. The van der Waals surface area contributed by atoms with Gasteiger partial charge in [0.1, 0.15) is 11.8 Å². The van der Waals surface area contributed by atoms with E-state index in [-0.39, 0.29) is 18.3 Å². The Balaban J connectivity index is 2.28. The molecule has 0 saturated carbocycles. The van der Waals surface area contributed by atoms with Gasteiger partial charge in [0.15, 0.2) is 12.4 Å². The Hall–Kier alpha value is -2.37. The van der Waals surface area contributed by atoms with Gasteiger partial charge >= 0.3 is 5.97 Å². The van der Waals surface area contributed by atoms with Crippen LogP contribution >= 0.6 is 0 Å². The molecule has 1 atom stereocenters. The van der Waals surface area contributed by atoms with Gasteiger partial charge in [0.05, 0.1) is 12.3 Å². The first kappa shape index (κ1) is 17.0. The minimum Gasteiger partial charge on any atom is -0.482 e. The van der Waals surface area contributed by atoms with Gasteiger partial charge in [-0.3, -0.25) is 14.5 Å². The van der Waals surface area contributed by atoms with Crippen molar-refractivity contribution in [1.29, 1.82) is 0 Å². The lowest BCUT2D eigenvalue weighted by molar-refractivity contribution is -0.146. The van der Waals surface area contributed by atoms with Crippen molar-refractivity contribution in [3.8, 4) is 5.75 Å². The van der Waals surface area contributed by atoms with E-state index in [1.165, 1.54) is 11.8 Å². The number of carbonyl (C=O) groups is 3. The normalized spacial score (nSPS) is 14.7. The molecule has 1 aliphatic rings. The van der Waals surface area contributed by atoms with Gasteiger partial charge in [0, 0.05) is 5.56 Å². The second-order valence-corrected chi connectivity index (χ2v) is 5.49. The summed E-state index contributed by atoms with van der Waals surface area (Å²) in [7, 11) is 0. The SMILES string of the molecule is CCCCOC(=O)C(C)N1C(=O)COc2ccc(C(C)=O)cc21. The highest BCUT2D eigenvalue weighted by atomic mass is 16.5. The third-order valence-electron chi connectivity index (χ3n) is 3.72. The Labute approximate surface area is 135 Å². The molecule has 23 heavy (non-hydrogen) atoms. The fraction of sp³-hybridized carbons (Fsp3) is 0.471. The Bertz CT molecular complexity index is 625. The topological polar surface area (TPSA) is 72.9 Å². The highest BCUT2D eigenvalue weighted by Crippen LogP contribution is 2.34. The summed E-state index contributed by atoms with van der Waals surface area (Å²) in [6.45, 7) is 5.25. The first-order chi connectivity index (χ1) is 11.0. The summed E-state index contributed by atoms with van der Waals surface area (Å²) in [6.07, 6.45) is 1.70. The Kier molecular flexibility index (Phi) is 5.36. The van der Waals surface area contributed by atoms with Crippen LogP contribution in [0.1, 0.15) is 44.0 Å². The lowest BCUT2D eigenvalue weighted by atomic mass is 10.1. The summed E-state index contributed by atoms with van der Waals surface area (Å²) < 4.78 is 10.6. The quantitative estimate of drug-likeness (QED) is 0.457. The molecule has 0 aliphatic carbocycles. The molecule has 1 aromatic rings. The number of amides is 1. The van der Waals surface area contributed by atoms with E-state index in [2.05, 4.69) is 0 Å². The molecule has 0 aromatic heterocycles. The maximum Gasteiger partial charge on any atom is 0.328 e. The zero-order valence-electron chi connectivity index (χ0n) is 13.6. The van der Waals surface area contributed by atoms with Gasteiger partial charge in [0.25, 0.3) is 5.91 Å². The lowest BCUT2D eigenvalue weighted by Gasteiger charge is -2.33. The van der Waals surface area contributed by atoms with Crippen LogP contribution in [0, 0.1) is 0 Å². The van der Waals surface area contributed by atoms with Crippen LogP contribution < -0.4 is 9.64 Å². The number of ether oxygens (including phenoxy) is 2. The molecule has 0 bridgehead atoms. The molecule has 1 aliphatic heterocycles. The molecular formula is C17H21NO5. The Morgan fingerprint density at radius 2 is 2.13 bits per heavy atom. The van der Waals surface area contributed by atoms with Crippen molar-refractivity contribution in [1.82, 2.24) is 0 Å². The van der Waals surface area contributed by atoms with E-state index in [4.69, 9.17) is 9.47 Å². The average molecular weight is 319 g/mol. The van der Waals surface area contributed by atoms with Crippen LogP contribution in [0.15, 0.2) is 18.2 Å². The summed E-state index contributed by atoms with van der Waals surface area (Å²) in [5.74, 6) is -0.447. The molecule has 1 aromatic carbocycles. The molecule has 0 saturated heterocycles. The van der Waals surface area contributed by atoms with Gasteiger partial charge in [-0.05, 0) is 38.5 Å². The van der Waals surface area contributed by atoms with Crippen molar-refractivity contribution < 1.29 is 23.9 Å². The van der Waals surface area contributed by atoms with Crippen LogP contribution in [0.4, 0.5) is 5.69 Å². The molecule has 0 spiro atoms. The number of rotatable bonds is 6. The van der Waals surface area contributed by atoms with Crippen LogP contribution in [-0.4, -0.2) is 36.9 Å². The molecule has 0 radical (unpaired) electrons. The summed E-state index contributed by atoms with van der Waals surface area (Å²) >= 11 is 0. The van der Waals surface area contributed by atoms with Gasteiger partial charge in [-0.15, -0.1) is 0 Å². The zero-order chi connectivity index (χ0) is 17.0. The van der Waals surface area contributed by atoms with E-state index in [0.717, 1.165) is 12.8 Å². The molecule has 6 nitrogen and oxygen atoms in total. The highest BCUT2D eigenvalue weighted by molar-refractivity contribution is 6.04. The van der Waals surface area contributed by atoms with Crippen LogP contribution in [0.2, 0.25) is 0 Å². The van der Waals surface area contributed by atoms with Crippen molar-refractivity contribution in [3.05, 3.63) is 23.8 Å². The van der Waals surface area contributed by atoms with Gasteiger partial charge in [0.2, 0.25) is 0 Å². The lowest BCUT2D eigenvalue weighted by Crippen LogP contribution is -2.48. The van der Waals surface area contributed by atoms with Crippen LogP contribution in [0.25, 0.3) is 0 Å². The molecule has 0 N–H and O–H groups in total. The zero-order valence-corrected chi connectivity index (χ0v) is 13.6. The maximum atomic E-state index is 12.2. The first-order valence-electron chi connectivity index (χ1n) is 7.72. The van der Waals surface area contributed by atoms with E-state index < -0.39 is 12.0 Å². The summed E-state index contributed by atoms with van der Waals surface area (Å²) in [4.78, 5) is 37.3. The number of benzene rings is 1. The number of hydrogen-bond donors (Lipinski definition) is 0. The minimum absolute atomic E-state index is 0.121. The number of esters is 1. The molecule has 0 fully saturated rings. The number of anilines is 1. The van der Waals surface area contributed by atoms with Crippen molar-refractivity contribution >= 4 is 23.3 Å². The van der Waals surface area contributed by atoms with E-state index in [1.54, 1.807) is 25.1 Å². The Morgan fingerprint density at radius 3 is 2.78 bits per heavy atom. The standard InChI is InChI=1S/C17H21NO5/c1-4-5-8-22-17(21)11(2)18-14-9-13(12(3)19)6-7-15(14)23-10-16(18)20/h6-7,9,11H,4-5,8,10H2,1-3H3. The smallest absolute Gasteiger partial charge is 0.328 e. The van der Waals surface area contributed by atoms with Crippen LogP contribution in [0.3, 0.4) is 0 Å².